The number of carbonyl (C=O) groups excluding carboxylic acids is 1. The van der Waals surface area contributed by atoms with Gasteiger partial charge in [0.05, 0.1) is 0 Å². The van der Waals surface area contributed by atoms with Gasteiger partial charge >= 0.3 is 0 Å². The SMILES string of the molecule is CC1(C)CCCCC1C(=O)c1ccc(F)c2ccccc12. The van der Waals surface area contributed by atoms with Crippen molar-refractivity contribution in [1.82, 2.24) is 0 Å². The Hall–Kier alpha value is -1.70. The summed E-state index contributed by atoms with van der Waals surface area (Å²) in [7, 11) is 0. The van der Waals surface area contributed by atoms with Gasteiger partial charge in [-0.25, -0.2) is 4.39 Å². The van der Waals surface area contributed by atoms with E-state index in [1.54, 1.807) is 12.1 Å². The van der Waals surface area contributed by atoms with Gasteiger partial charge < -0.3 is 0 Å². The first-order chi connectivity index (χ1) is 10.0. The molecule has 110 valence electrons. The molecule has 0 amide bonds. The highest BCUT2D eigenvalue weighted by Crippen LogP contribution is 2.42. The molecule has 2 aromatic carbocycles. The van der Waals surface area contributed by atoms with E-state index in [9.17, 15) is 9.18 Å². The average molecular weight is 284 g/mol. The van der Waals surface area contributed by atoms with Crippen molar-refractivity contribution in [3.63, 3.8) is 0 Å². The maximum absolute atomic E-state index is 13.9. The highest BCUT2D eigenvalue weighted by atomic mass is 19.1. The lowest BCUT2D eigenvalue weighted by atomic mass is 9.66. The summed E-state index contributed by atoms with van der Waals surface area (Å²) in [6.07, 6.45) is 4.33. The molecule has 0 radical (unpaired) electrons. The van der Waals surface area contributed by atoms with Crippen LogP contribution in [0.2, 0.25) is 0 Å². The van der Waals surface area contributed by atoms with Gasteiger partial charge in [0.2, 0.25) is 0 Å². The van der Waals surface area contributed by atoms with Gasteiger partial charge in [0.15, 0.2) is 5.78 Å². The Morgan fingerprint density at radius 3 is 2.52 bits per heavy atom. The first-order valence-electron chi connectivity index (χ1n) is 7.72. The smallest absolute Gasteiger partial charge is 0.167 e. The van der Waals surface area contributed by atoms with Crippen molar-refractivity contribution >= 4 is 16.6 Å². The number of hydrogen-bond donors (Lipinski definition) is 0. The fourth-order valence-electron chi connectivity index (χ4n) is 3.64. The quantitative estimate of drug-likeness (QED) is 0.677. The lowest BCUT2D eigenvalue weighted by Gasteiger charge is -2.37. The van der Waals surface area contributed by atoms with Gasteiger partial charge in [-0.1, -0.05) is 51.0 Å². The molecule has 1 nitrogen and oxygen atoms in total. The first-order valence-corrected chi connectivity index (χ1v) is 7.72. The molecule has 0 aromatic heterocycles. The zero-order chi connectivity index (χ0) is 15.0. The van der Waals surface area contributed by atoms with Crippen LogP contribution in [0.15, 0.2) is 36.4 Å². The second-order valence-corrected chi connectivity index (χ2v) is 6.79. The predicted octanol–water partition coefficient (Wildman–Crippen LogP) is 5.38. The van der Waals surface area contributed by atoms with E-state index < -0.39 is 0 Å². The zero-order valence-corrected chi connectivity index (χ0v) is 12.7. The second-order valence-electron chi connectivity index (χ2n) is 6.79. The van der Waals surface area contributed by atoms with Gasteiger partial charge in [-0.3, -0.25) is 4.79 Å². The molecule has 1 aliphatic rings. The van der Waals surface area contributed by atoms with E-state index in [0.717, 1.165) is 24.6 Å². The van der Waals surface area contributed by atoms with Gasteiger partial charge in [0, 0.05) is 16.9 Å². The summed E-state index contributed by atoms with van der Waals surface area (Å²) < 4.78 is 13.9. The molecule has 0 spiro atoms. The van der Waals surface area contributed by atoms with E-state index in [1.165, 1.54) is 12.5 Å². The second kappa shape index (κ2) is 5.25. The van der Waals surface area contributed by atoms with Crippen molar-refractivity contribution in [1.29, 1.82) is 0 Å². The molecule has 1 saturated carbocycles. The van der Waals surface area contributed by atoms with Gasteiger partial charge in [-0.05, 0) is 35.8 Å². The van der Waals surface area contributed by atoms with E-state index in [-0.39, 0.29) is 22.9 Å². The summed E-state index contributed by atoms with van der Waals surface area (Å²) in [5.41, 5.74) is 0.706. The van der Waals surface area contributed by atoms with Crippen LogP contribution >= 0.6 is 0 Å². The highest BCUT2D eigenvalue weighted by molar-refractivity contribution is 6.09. The Labute approximate surface area is 125 Å². The third-order valence-corrected chi connectivity index (χ3v) is 4.96. The van der Waals surface area contributed by atoms with Crippen LogP contribution in [-0.2, 0) is 0 Å². The highest BCUT2D eigenvalue weighted by Gasteiger charge is 2.37. The number of carbonyl (C=O) groups is 1. The molecule has 0 N–H and O–H groups in total. The summed E-state index contributed by atoms with van der Waals surface area (Å²) in [4.78, 5) is 13.0. The van der Waals surface area contributed by atoms with Crippen molar-refractivity contribution in [2.45, 2.75) is 39.5 Å². The van der Waals surface area contributed by atoms with Gasteiger partial charge in [-0.15, -0.1) is 0 Å². The molecule has 1 unspecified atom stereocenters. The number of benzene rings is 2. The summed E-state index contributed by atoms with van der Waals surface area (Å²) in [6, 6.07) is 10.3. The van der Waals surface area contributed by atoms with Crippen molar-refractivity contribution in [2.75, 3.05) is 0 Å². The van der Waals surface area contributed by atoms with Crippen LogP contribution in [0.5, 0.6) is 0 Å². The zero-order valence-electron chi connectivity index (χ0n) is 12.7. The number of hydrogen-bond acceptors (Lipinski definition) is 1. The minimum absolute atomic E-state index is 0.0326. The largest absolute Gasteiger partial charge is 0.294 e. The van der Waals surface area contributed by atoms with Crippen LogP contribution < -0.4 is 0 Å². The predicted molar refractivity (Wildman–Crippen MR) is 84.0 cm³/mol. The number of fused-ring (bicyclic) bond motifs is 1. The Bertz CT molecular complexity index is 687. The molecule has 1 fully saturated rings. The maximum atomic E-state index is 13.9. The van der Waals surface area contributed by atoms with E-state index in [2.05, 4.69) is 13.8 Å². The lowest BCUT2D eigenvalue weighted by molar-refractivity contribution is 0.0699. The molecule has 3 rings (SSSR count). The van der Waals surface area contributed by atoms with Crippen LogP contribution in [0.25, 0.3) is 10.8 Å². The minimum Gasteiger partial charge on any atom is -0.294 e. The Morgan fingerprint density at radius 2 is 1.81 bits per heavy atom. The number of halogens is 1. The van der Waals surface area contributed by atoms with Crippen LogP contribution in [0.4, 0.5) is 4.39 Å². The summed E-state index contributed by atoms with van der Waals surface area (Å²) >= 11 is 0. The topological polar surface area (TPSA) is 17.1 Å². The molecule has 0 aliphatic heterocycles. The number of Topliss-reactive ketones (excluding diaryl/α,β-unsaturated/α-hetero) is 1. The Kier molecular flexibility index (Phi) is 3.56. The van der Waals surface area contributed by atoms with Crippen molar-refractivity contribution in [3.05, 3.63) is 47.8 Å². The molecule has 0 heterocycles. The van der Waals surface area contributed by atoms with Crippen molar-refractivity contribution in [3.8, 4) is 0 Å². The van der Waals surface area contributed by atoms with Crippen molar-refractivity contribution in [2.24, 2.45) is 11.3 Å². The molecular formula is C19H21FO. The molecule has 2 heteroatoms. The Balaban J connectivity index is 2.08. The summed E-state index contributed by atoms with van der Waals surface area (Å²) in [5.74, 6) is -0.0407. The molecule has 1 aliphatic carbocycles. The molecule has 2 aromatic rings. The number of ketones is 1. The average Bonchev–Trinajstić information content (AvgIpc) is 2.47. The molecule has 1 atom stereocenters. The molecule has 0 saturated heterocycles. The fraction of sp³-hybridized carbons (Fsp3) is 0.421. The molecule has 0 bridgehead atoms. The number of rotatable bonds is 2. The summed E-state index contributed by atoms with van der Waals surface area (Å²) in [6.45, 7) is 4.36. The standard InChI is InChI=1S/C19H21FO/c1-19(2)12-6-5-9-16(19)18(21)15-10-11-17(20)14-8-4-3-7-13(14)15/h3-4,7-8,10-11,16H,5-6,9,12H2,1-2H3. The molecular weight excluding hydrogens is 263 g/mol. The van der Waals surface area contributed by atoms with E-state index in [1.807, 2.05) is 18.2 Å². The van der Waals surface area contributed by atoms with Gasteiger partial charge in [0.25, 0.3) is 0 Å². The van der Waals surface area contributed by atoms with Crippen LogP contribution in [0.1, 0.15) is 49.9 Å². The maximum Gasteiger partial charge on any atom is 0.167 e. The van der Waals surface area contributed by atoms with Crippen LogP contribution in [0, 0.1) is 17.2 Å². The summed E-state index contributed by atoms with van der Waals surface area (Å²) in [5, 5.41) is 1.28. The van der Waals surface area contributed by atoms with E-state index in [0.29, 0.717) is 10.9 Å². The van der Waals surface area contributed by atoms with Crippen molar-refractivity contribution < 1.29 is 9.18 Å². The van der Waals surface area contributed by atoms with Gasteiger partial charge in [-0.2, -0.15) is 0 Å². The minimum atomic E-state index is -0.259. The van der Waals surface area contributed by atoms with E-state index >= 15 is 0 Å². The van der Waals surface area contributed by atoms with Gasteiger partial charge in [0.1, 0.15) is 5.82 Å². The Morgan fingerprint density at radius 1 is 1.10 bits per heavy atom. The first kappa shape index (κ1) is 14.2. The van der Waals surface area contributed by atoms with Crippen LogP contribution in [-0.4, -0.2) is 5.78 Å². The molecule has 21 heavy (non-hydrogen) atoms. The third kappa shape index (κ3) is 2.48. The fourth-order valence-corrected chi connectivity index (χ4v) is 3.64. The third-order valence-electron chi connectivity index (χ3n) is 4.96. The monoisotopic (exact) mass is 284 g/mol. The van der Waals surface area contributed by atoms with Crippen LogP contribution in [0.3, 0.4) is 0 Å². The normalized spacial score (nSPS) is 21.4. The lowest BCUT2D eigenvalue weighted by Crippen LogP contribution is -2.34. The van der Waals surface area contributed by atoms with E-state index in [4.69, 9.17) is 0 Å².